The zero-order chi connectivity index (χ0) is 13.1. The van der Waals surface area contributed by atoms with Crippen LogP contribution < -0.4 is 0 Å². The van der Waals surface area contributed by atoms with Gasteiger partial charge in [-0.2, -0.15) is 10.5 Å². The van der Waals surface area contributed by atoms with Gasteiger partial charge in [0.25, 0.3) is 0 Å². The van der Waals surface area contributed by atoms with Gasteiger partial charge in [0, 0.05) is 13.1 Å². The second-order valence-electron chi connectivity index (χ2n) is 3.88. The number of rotatable bonds is 8. The third-order valence-electron chi connectivity index (χ3n) is 2.58. The molecule has 0 unspecified atom stereocenters. The molecule has 0 aliphatic rings. The van der Waals surface area contributed by atoms with Gasteiger partial charge in [0.2, 0.25) is 0 Å². The first-order chi connectivity index (χ1) is 8.24. The molecule has 0 saturated carbocycles. The summed E-state index contributed by atoms with van der Waals surface area (Å²) >= 11 is 0. The van der Waals surface area contributed by atoms with Crippen molar-refractivity contribution in [2.24, 2.45) is 0 Å². The van der Waals surface area contributed by atoms with E-state index in [0.29, 0.717) is 5.70 Å². The molecule has 0 N–H and O–H groups in total. The summed E-state index contributed by atoms with van der Waals surface area (Å²) in [5.41, 5.74) is 0.837. The van der Waals surface area contributed by atoms with Crippen LogP contribution in [0.3, 0.4) is 0 Å². The van der Waals surface area contributed by atoms with Crippen LogP contribution in [-0.2, 0) is 0 Å². The predicted molar refractivity (Wildman–Crippen MR) is 69.8 cm³/mol. The standard InChI is InChI=1S/C14H21N3/c1-4-7-9-17(10-8-5-2)14(6-3)13(11-15)12-16/h6H,3-5,7-10H2,1-2H3. The van der Waals surface area contributed by atoms with Gasteiger partial charge in [-0.3, -0.25) is 0 Å². The average molecular weight is 231 g/mol. The van der Waals surface area contributed by atoms with Crippen molar-refractivity contribution in [2.45, 2.75) is 39.5 Å². The van der Waals surface area contributed by atoms with Crippen molar-refractivity contribution in [3.63, 3.8) is 0 Å². The lowest BCUT2D eigenvalue weighted by atomic mass is 10.1. The van der Waals surface area contributed by atoms with E-state index in [1.165, 1.54) is 0 Å². The molecule has 0 bridgehead atoms. The zero-order valence-corrected chi connectivity index (χ0v) is 10.9. The first-order valence-corrected chi connectivity index (χ1v) is 6.16. The van der Waals surface area contributed by atoms with Crippen LogP contribution in [0, 0.1) is 22.7 Å². The largest absolute Gasteiger partial charge is 0.370 e. The van der Waals surface area contributed by atoms with Crippen molar-refractivity contribution < 1.29 is 0 Å². The highest BCUT2D eigenvalue weighted by Gasteiger charge is 2.11. The number of nitrogens with zero attached hydrogens (tertiary/aromatic N) is 3. The molecule has 0 fully saturated rings. The Balaban J connectivity index is 4.97. The Morgan fingerprint density at radius 3 is 1.88 bits per heavy atom. The fourth-order valence-corrected chi connectivity index (χ4v) is 1.58. The Labute approximate surface area is 105 Å². The van der Waals surface area contributed by atoms with Crippen molar-refractivity contribution in [3.05, 3.63) is 23.9 Å². The number of hydrogen-bond acceptors (Lipinski definition) is 3. The van der Waals surface area contributed by atoms with Crippen LogP contribution in [0.15, 0.2) is 23.9 Å². The second-order valence-corrected chi connectivity index (χ2v) is 3.88. The molecule has 0 aromatic carbocycles. The molecule has 0 amide bonds. The van der Waals surface area contributed by atoms with Crippen LogP contribution in [0.2, 0.25) is 0 Å². The molecule has 0 rings (SSSR count). The van der Waals surface area contributed by atoms with Crippen molar-refractivity contribution in [1.29, 1.82) is 10.5 Å². The van der Waals surface area contributed by atoms with Gasteiger partial charge in [0.15, 0.2) is 5.57 Å². The van der Waals surface area contributed by atoms with E-state index in [0.717, 1.165) is 38.8 Å². The molecule has 0 aliphatic carbocycles. The van der Waals surface area contributed by atoms with E-state index in [1.807, 2.05) is 12.1 Å². The topological polar surface area (TPSA) is 50.8 Å². The predicted octanol–water partition coefficient (Wildman–Crippen LogP) is 3.38. The van der Waals surface area contributed by atoms with Crippen LogP contribution in [0.1, 0.15) is 39.5 Å². The molecule has 3 heteroatoms. The molecule has 92 valence electrons. The van der Waals surface area contributed by atoms with Gasteiger partial charge in [-0.05, 0) is 18.9 Å². The number of unbranched alkanes of at least 4 members (excludes halogenated alkanes) is 2. The van der Waals surface area contributed by atoms with Crippen LogP contribution in [0.4, 0.5) is 0 Å². The summed E-state index contributed by atoms with van der Waals surface area (Å²) in [4.78, 5) is 2.10. The van der Waals surface area contributed by atoms with Gasteiger partial charge in [-0.25, -0.2) is 0 Å². The molecule has 0 heterocycles. The average Bonchev–Trinajstić information content (AvgIpc) is 2.37. The molecule has 3 nitrogen and oxygen atoms in total. The van der Waals surface area contributed by atoms with E-state index in [2.05, 4.69) is 25.3 Å². The lowest BCUT2D eigenvalue weighted by molar-refractivity contribution is 0.339. The maximum absolute atomic E-state index is 8.92. The van der Waals surface area contributed by atoms with Gasteiger partial charge in [0.05, 0.1) is 5.70 Å². The molecule has 0 aromatic heterocycles. The van der Waals surface area contributed by atoms with E-state index in [4.69, 9.17) is 10.5 Å². The summed E-state index contributed by atoms with van der Waals surface area (Å²) in [5, 5.41) is 17.8. The van der Waals surface area contributed by atoms with Crippen LogP contribution in [0.5, 0.6) is 0 Å². The normalized spacial score (nSPS) is 8.94. The molecule has 0 saturated heterocycles. The third kappa shape index (κ3) is 5.22. The highest BCUT2D eigenvalue weighted by atomic mass is 15.1. The third-order valence-corrected chi connectivity index (χ3v) is 2.58. The van der Waals surface area contributed by atoms with E-state index >= 15 is 0 Å². The highest BCUT2D eigenvalue weighted by Crippen LogP contribution is 2.13. The second kappa shape index (κ2) is 9.48. The highest BCUT2D eigenvalue weighted by molar-refractivity contribution is 5.43. The number of allylic oxidation sites excluding steroid dienone is 2. The summed E-state index contributed by atoms with van der Waals surface area (Å²) in [6.07, 6.45) is 5.94. The molecule has 0 atom stereocenters. The number of nitriles is 2. The van der Waals surface area contributed by atoms with Gasteiger partial charge < -0.3 is 4.90 Å². The maximum Gasteiger partial charge on any atom is 0.152 e. The smallest absolute Gasteiger partial charge is 0.152 e. The molecule has 0 aromatic rings. The first-order valence-electron chi connectivity index (χ1n) is 6.16. The molecular weight excluding hydrogens is 210 g/mol. The lowest BCUT2D eigenvalue weighted by Crippen LogP contribution is -2.25. The Morgan fingerprint density at radius 1 is 1.12 bits per heavy atom. The van der Waals surface area contributed by atoms with E-state index in [1.54, 1.807) is 6.08 Å². The number of hydrogen-bond donors (Lipinski definition) is 0. The van der Waals surface area contributed by atoms with E-state index in [9.17, 15) is 0 Å². The van der Waals surface area contributed by atoms with Crippen LogP contribution in [-0.4, -0.2) is 18.0 Å². The summed E-state index contributed by atoms with van der Waals surface area (Å²) in [5.74, 6) is 0. The Kier molecular flexibility index (Phi) is 8.51. The fourth-order valence-electron chi connectivity index (χ4n) is 1.58. The van der Waals surface area contributed by atoms with Gasteiger partial charge in [-0.15, -0.1) is 0 Å². The van der Waals surface area contributed by atoms with Crippen LogP contribution >= 0.6 is 0 Å². The van der Waals surface area contributed by atoms with E-state index in [-0.39, 0.29) is 5.57 Å². The SMILES string of the molecule is C=CC(=C(C#N)C#N)N(CCCC)CCCC. The minimum Gasteiger partial charge on any atom is -0.370 e. The van der Waals surface area contributed by atoms with E-state index < -0.39 is 0 Å². The quantitative estimate of drug-likeness (QED) is 0.475. The van der Waals surface area contributed by atoms with Crippen LogP contribution in [0.25, 0.3) is 0 Å². The molecular formula is C14H21N3. The first kappa shape index (κ1) is 15.3. The van der Waals surface area contributed by atoms with Crippen molar-refractivity contribution >= 4 is 0 Å². The fraction of sp³-hybridized carbons (Fsp3) is 0.571. The summed E-state index contributed by atoms with van der Waals surface area (Å²) in [6.45, 7) is 9.73. The lowest BCUT2D eigenvalue weighted by Gasteiger charge is -2.25. The zero-order valence-electron chi connectivity index (χ0n) is 10.9. The Morgan fingerprint density at radius 2 is 1.59 bits per heavy atom. The molecule has 0 radical (unpaired) electrons. The summed E-state index contributed by atoms with van der Waals surface area (Å²) in [7, 11) is 0. The summed E-state index contributed by atoms with van der Waals surface area (Å²) < 4.78 is 0. The molecule has 0 aliphatic heterocycles. The van der Waals surface area contributed by atoms with Gasteiger partial charge in [0.1, 0.15) is 12.1 Å². The van der Waals surface area contributed by atoms with Crippen molar-refractivity contribution in [1.82, 2.24) is 4.90 Å². The molecule has 17 heavy (non-hydrogen) atoms. The summed E-state index contributed by atoms with van der Waals surface area (Å²) in [6, 6.07) is 3.88. The van der Waals surface area contributed by atoms with Gasteiger partial charge in [-0.1, -0.05) is 33.3 Å². The van der Waals surface area contributed by atoms with Gasteiger partial charge >= 0.3 is 0 Å². The minimum absolute atomic E-state index is 0.159. The van der Waals surface area contributed by atoms with Crippen molar-refractivity contribution in [2.75, 3.05) is 13.1 Å². The maximum atomic E-state index is 8.92. The minimum atomic E-state index is 0.159. The monoisotopic (exact) mass is 231 g/mol. The Bertz CT molecular complexity index is 317. The van der Waals surface area contributed by atoms with Crippen molar-refractivity contribution in [3.8, 4) is 12.1 Å². The molecule has 0 spiro atoms. The Hall–Kier alpha value is -1.74.